The number of hydrogen-bond donors (Lipinski definition) is 1. The van der Waals surface area contributed by atoms with Crippen LogP contribution >= 0.6 is 0 Å². The van der Waals surface area contributed by atoms with Gasteiger partial charge in [-0.15, -0.1) is 0 Å². The molecule has 130 valence electrons. The molecule has 0 amide bonds. The molecule has 2 rings (SSSR count). The molecule has 1 N–H and O–H groups in total. The third kappa shape index (κ3) is 2.43. The van der Waals surface area contributed by atoms with Crippen LogP contribution in [0.5, 0.6) is 0 Å². The van der Waals surface area contributed by atoms with Crippen LogP contribution in [0.2, 0.25) is 0 Å². The van der Waals surface area contributed by atoms with Crippen molar-refractivity contribution >= 4 is 5.69 Å². The molecule has 0 fully saturated rings. The van der Waals surface area contributed by atoms with Gasteiger partial charge in [0.2, 0.25) is 5.82 Å². The lowest BCUT2D eigenvalue weighted by atomic mass is 9.99. The minimum absolute atomic E-state index is 1.30. The molecule has 11 heteroatoms. The topological polar surface area (TPSA) is 12.0 Å². The Kier molecular flexibility index (Phi) is 4.63. The van der Waals surface area contributed by atoms with Crippen LogP contribution in [-0.2, 0) is 0 Å². The zero-order valence-electron chi connectivity index (χ0n) is 11.0. The fourth-order valence-electron chi connectivity index (χ4n) is 1.92. The van der Waals surface area contributed by atoms with Crippen molar-refractivity contribution in [3.63, 3.8) is 0 Å². The van der Waals surface area contributed by atoms with Gasteiger partial charge >= 0.3 is 0 Å². The van der Waals surface area contributed by atoms with Crippen LogP contribution in [0, 0.1) is 52.4 Å². The lowest BCUT2D eigenvalue weighted by Crippen LogP contribution is -2.12. The normalized spacial score (nSPS) is 11.1. The van der Waals surface area contributed by atoms with Gasteiger partial charge in [0.25, 0.3) is 0 Å². The van der Waals surface area contributed by atoms with E-state index in [-0.39, 0.29) is 0 Å². The Morgan fingerprint density at radius 2 is 0.792 bits per heavy atom. The average molecular weight is 363 g/mol. The molecular weight excluding hydrogens is 360 g/mol. The largest absolute Gasteiger partial charge is 0.355 e. The van der Waals surface area contributed by atoms with Crippen molar-refractivity contribution in [3.8, 4) is 11.1 Å². The van der Waals surface area contributed by atoms with Crippen molar-refractivity contribution in [3.05, 3.63) is 52.4 Å². The Balaban J connectivity index is 3.03. The molecule has 0 aliphatic carbocycles. The molecule has 1 nitrogen and oxygen atoms in total. The summed E-state index contributed by atoms with van der Waals surface area (Å²) in [7, 11) is 0. The summed E-state index contributed by atoms with van der Waals surface area (Å²) in [5, 5.41) is 1.30. The van der Waals surface area contributed by atoms with E-state index in [0.717, 1.165) is 0 Å². The van der Waals surface area contributed by atoms with Crippen molar-refractivity contribution < 1.29 is 43.9 Å². The summed E-state index contributed by atoms with van der Waals surface area (Å²) < 4.78 is 133. The summed E-state index contributed by atoms with van der Waals surface area (Å²) in [6.07, 6.45) is 0. The SMILES string of the molecule is FCNc1c(F)c(F)c(F)c(F)c1-c1c(F)c(F)c(F)c(F)c1F. The standard InChI is InChI=1S/C13H3F10N/c14-1-24-13-3(6(17)9(20)11(22)12(13)23)2-4(15)7(18)10(21)8(19)5(2)16/h24H,1H2. The number of nitrogens with one attached hydrogen (secondary N) is 1. The first-order valence-corrected chi connectivity index (χ1v) is 5.82. The van der Waals surface area contributed by atoms with Gasteiger partial charge in [0.15, 0.2) is 53.3 Å². The fourth-order valence-corrected chi connectivity index (χ4v) is 1.92. The third-order valence-corrected chi connectivity index (χ3v) is 2.97. The quantitative estimate of drug-likeness (QED) is 0.352. The maximum Gasteiger partial charge on any atom is 0.200 e. The molecule has 0 aliphatic rings. The molecule has 0 spiro atoms. The molecule has 0 radical (unpaired) electrons. The monoisotopic (exact) mass is 363 g/mol. The maximum absolute atomic E-state index is 13.8. The van der Waals surface area contributed by atoms with Crippen LogP contribution < -0.4 is 5.32 Å². The summed E-state index contributed by atoms with van der Waals surface area (Å²) in [4.78, 5) is 0. The zero-order valence-corrected chi connectivity index (χ0v) is 11.0. The van der Waals surface area contributed by atoms with Crippen LogP contribution in [0.15, 0.2) is 0 Å². The first-order chi connectivity index (χ1) is 11.1. The molecule has 2 aromatic carbocycles. The second-order valence-corrected chi connectivity index (χ2v) is 4.26. The van der Waals surface area contributed by atoms with Gasteiger partial charge < -0.3 is 5.32 Å². The Morgan fingerprint density at radius 3 is 1.21 bits per heavy atom. The van der Waals surface area contributed by atoms with E-state index >= 15 is 0 Å². The Bertz CT molecular complexity index is 804. The number of alkyl halides is 1. The van der Waals surface area contributed by atoms with Crippen molar-refractivity contribution in [1.82, 2.24) is 0 Å². The molecule has 0 atom stereocenters. The fraction of sp³-hybridized carbons (Fsp3) is 0.0769. The molecular formula is C13H3F10N. The molecule has 24 heavy (non-hydrogen) atoms. The Morgan fingerprint density at radius 1 is 0.458 bits per heavy atom. The van der Waals surface area contributed by atoms with Gasteiger partial charge in [-0.3, -0.25) is 0 Å². The highest BCUT2D eigenvalue weighted by Crippen LogP contribution is 2.40. The van der Waals surface area contributed by atoms with E-state index in [9.17, 15) is 43.9 Å². The lowest BCUT2D eigenvalue weighted by molar-refractivity contribution is 0.379. The van der Waals surface area contributed by atoms with Gasteiger partial charge in [0, 0.05) is 0 Å². The Labute approximate surface area is 126 Å². The van der Waals surface area contributed by atoms with Gasteiger partial charge in [-0.25, -0.2) is 43.9 Å². The van der Waals surface area contributed by atoms with Crippen molar-refractivity contribution in [2.45, 2.75) is 0 Å². The van der Waals surface area contributed by atoms with Crippen molar-refractivity contribution in [2.24, 2.45) is 0 Å². The molecule has 0 bridgehead atoms. The molecule has 0 saturated carbocycles. The van der Waals surface area contributed by atoms with Gasteiger partial charge in [-0.2, -0.15) is 0 Å². The van der Waals surface area contributed by atoms with E-state index in [1.807, 2.05) is 0 Å². The third-order valence-electron chi connectivity index (χ3n) is 2.97. The van der Waals surface area contributed by atoms with E-state index in [2.05, 4.69) is 0 Å². The van der Waals surface area contributed by atoms with Crippen LogP contribution in [0.1, 0.15) is 0 Å². The Hall–Kier alpha value is -2.46. The average Bonchev–Trinajstić information content (AvgIpc) is 2.56. The van der Waals surface area contributed by atoms with E-state index in [4.69, 9.17) is 0 Å². The van der Waals surface area contributed by atoms with Gasteiger partial charge in [0.05, 0.1) is 16.8 Å². The van der Waals surface area contributed by atoms with Crippen LogP contribution in [-0.4, -0.2) is 6.80 Å². The first kappa shape index (κ1) is 17.9. The molecule has 0 aliphatic heterocycles. The van der Waals surface area contributed by atoms with E-state index in [1.54, 1.807) is 0 Å². The summed E-state index contributed by atoms with van der Waals surface area (Å²) in [5.74, 6) is -22.8. The molecule has 0 unspecified atom stereocenters. The molecule has 0 saturated heterocycles. The number of benzene rings is 2. The lowest BCUT2D eigenvalue weighted by Gasteiger charge is -2.16. The van der Waals surface area contributed by atoms with Crippen molar-refractivity contribution in [1.29, 1.82) is 0 Å². The second-order valence-electron chi connectivity index (χ2n) is 4.26. The predicted octanol–water partition coefficient (Wildman–Crippen LogP) is 4.94. The molecule has 2 aromatic rings. The highest BCUT2D eigenvalue weighted by atomic mass is 19.2. The van der Waals surface area contributed by atoms with E-state index in [1.165, 1.54) is 5.32 Å². The number of rotatable bonds is 3. The van der Waals surface area contributed by atoms with Crippen LogP contribution in [0.3, 0.4) is 0 Å². The van der Waals surface area contributed by atoms with Gasteiger partial charge in [-0.1, -0.05) is 0 Å². The highest BCUT2D eigenvalue weighted by molar-refractivity contribution is 5.80. The molecule has 0 aromatic heterocycles. The molecule has 0 heterocycles. The van der Waals surface area contributed by atoms with Gasteiger partial charge in [0.1, 0.15) is 0 Å². The van der Waals surface area contributed by atoms with Crippen LogP contribution in [0.25, 0.3) is 11.1 Å². The highest BCUT2D eigenvalue weighted by Gasteiger charge is 2.34. The predicted molar refractivity (Wildman–Crippen MR) is 61.1 cm³/mol. The van der Waals surface area contributed by atoms with Gasteiger partial charge in [-0.05, 0) is 0 Å². The summed E-state index contributed by atoms with van der Waals surface area (Å²) in [6, 6.07) is 0. The van der Waals surface area contributed by atoms with E-state index < -0.39 is 76.0 Å². The first-order valence-electron chi connectivity index (χ1n) is 5.82. The second kappa shape index (κ2) is 6.21. The summed E-state index contributed by atoms with van der Waals surface area (Å²) in [5.41, 5.74) is -5.63. The summed E-state index contributed by atoms with van der Waals surface area (Å²) in [6.45, 7) is -1.76. The smallest absolute Gasteiger partial charge is 0.200 e. The number of anilines is 1. The maximum atomic E-state index is 13.8. The summed E-state index contributed by atoms with van der Waals surface area (Å²) >= 11 is 0. The number of halogens is 10. The zero-order chi connectivity index (χ0) is 18.3. The van der Waals surface area contributed by atoms with E-state index in [0.29, 0.717) is 0 Å². The van der Waals surface area contributed by atoms with Crippen molar-refractivity contribution in [2.75, 3.05) is 12.1 Å². The number of hydrogen-bond acceptors (Lipinski definition) is 1. The minimum Gasteiger partial charge on any atom is -0.355 e. The van der Waals surface area contributed by atoms with Crippen LogP contribution in [0.4, 0.5) is 49.6 Å². The minimum atomic E-state index is -2.63.